The van der Waals surface area contributed by atoms with Crippen molar-refractivity contribution in [3.05, 3.63) is 26.2 Å². The van der Waals surface area contributed by atoms with Crippen LogP contribution in [0.3, 0.4) is 0 Å². The highest BCUT2D eigenvalue weighted by Gasteiger charge is 2.25. The second kappa shape index (κ2) is 8.24. The van der Waals surface area contributed by atoms with Crippen LogP contribution in [0.25, 0.3) is 0 Å². The molecule has 2 aromatic rings. The molecule has 0 saturated heterocycles. The number of carbonyl (C=O) groups excluding carboxylic acids is 2. The van der Waals surface area contributed by atoms with E-state index in [9.17, 15) is 9.59 Å². The number of nitrogens with two attached hydrogens (primary N) is 2. The molecule has 1 aliphatic rings. The number of anilines is 2. The molecule has 142 valence electrons. The molecule has 0 radical (unpaired) electrons. The first kappa shape index (κ1) is 20.5. The van der Waals surface area contributed by atoms with Crippen LogP contribution >= 0.6 is 34.3 Å². The van der Waals surface area contributed by atoms with Gasteiger partial charge in [-0.25, -0.2) is 9.78 Å². The standard InChI is InChI=1S/C11H10ClN3OS2.C5H11NO2/c12-7-4-3-6(17-7)8(16)9-10(13)15-11(18-9)14-5-1-2-5;1-5(2,3)8-4(6)7/h3-5H,1-2,13H2,(H,14,15);1-3H3,(H2,6,7). The normalized spacial score (nSPS) is 13.5. The van der Waals surface area contributed by atoms with E-state index >= 15 is 0 Å². The minimum absolute atomic E-state index is 0.106. The van der Waals surface area contributed by atoms with Crippen molar-refractivity contribution in [2.24, 2.45) is 5.73 Å². The van der Waals surface area contributed by atoms with Crippen LogP contribution in [0.2, 0.25) is 4.34 Å². The van der Waals surface area contributed by atoms with Crippen molar-refractivity contribution in [2.75, 3.05) is 11.1 Å². The van der Waals surface area contributed by atoms with E-state index in [-0.39, 0.29) is 11.6 Å². The van der Waals surface area contributed by atoms with Crippen molar-refractivity contribution >= 4 is 57.1 Å². The third kappa shape index (κ3) is 6.47. The van der Waals surface area contributed by atoms with Crippen LogP contribution in [0, 0.1) is 0 Å². The zero-order valence-corrected chi connectivity index (χ0v) is 17.1. The maximum absolute atomic E-state index is 12.2. The van der Waals surface area contributed by atoms with Crippen molar-refractivity contribution in [1.29, 1.82) is 0 Å². The Hall–Kier alpha value is -1.84. The van der Waals surface area contributed by atoms with Crippen LogP contribution in [0.5, 0.6) is 0 Å². The smallest absolute Gasteiger partial charge is 0.405 e. The van der Waals surface area contributed by atoms with Gasteiger partial charge in [-0.1, -0.05) is 22.9 Å². The fraction of sp³-hybridized carbons (Fsp3) is 0.438. The number of carbonyl (C=O) groups is 2. The number of amides is 1. The van der Waals surface area contributed by atoms with Gasteiger partial charge in [0, 0.05) is 6.04 Å². The number of nitrogen functional groups attached to an aromatic ring is 1. The number of ketones is 1. The number of ether oxygens (including phenoxy) is 1. The fourth-order valence-electron chi connectivity index (χ4n) is 1.81. The van der Waals surface area contributed by atoms with Crippen LogP contribution in [-0.4, -0.2) is 28.5 Å². The van der Waals surface area contributed by atoms with Crippen LogP contribution < -0.4 is 16.8 Å². The topological polar surface area (TPSA) is 120 Å². The van der Waals surface area contributed by atoms with E-state index in [2.05, 4.69) is 15.0 Å². The number of thiazole rings is 1. The van der Waals surface area contributed by atoms with Crippen LogP contribution in [0.4, 0.5) is 15.7 Å². The Morgan fingerprint density at radius 1 is 1.31 bits per heavy atom. The average Bonchev–Trinajstić information content (AvgIpc) is 3.06. The van der Waals surface area contributed by atoms with Crippen LogP contribution in [0.15, 0.2) is 12.1 Å². The summed E-state index contributed by atoms with van der Waals surface area (Å²) in [6.07, 6.45) is 1.59. The largest absolute Gasteiger partial charge is 0.444 e. The van der Waals surface area contributed by atoms with Crippen molar-refractivity contribution in [3.8, 4) is 0 Å². The van der Waals surface area contributed by atoms with Gasteiger partial charge in [0.15, 0.2) is 5.13 Å². The first-order valence-electron chi connectivity index (χ1n) is 7.86. The van der Waals surface area contributed by atoms with Gasteiger partial charge < -0.3 is 21.5 Å². The maximum atomic E-state index is 12.2. The highest BCUT2D eigenvalue weighted by molar-refractivity contribution is 7.21. The molecule has 10 heteroatoms. The van der Waals surface area contributed by atoms with Gasteiger partial charge in [0.2, 0.25) is 5.78 Å². The lowest BCUT2D eigenvalue weighted by Gasteiger charge is -2.16. The molecule has 0 atom stereocenters. The fourth-order valence-corrected chi connectivity index (χ4v) is 3.78. The van der Waals surface area contributed by atoms with E-state index in [1.54, 1.807) is 32.9 Å². The number of nitrogens with zero attached hydrogens (tertiary/aromatic N) is 1. The van der Waals surface area contributed by atoms with Gasteiger partial charge in [-0.15, -0.1) is 11.3 Å². The molecule has 3 rings (SSSR count). The minimum Gasteiger partial charge on any atom is -0.444 e. The van der Waals surface area contributed by atoms with Crippen molar-refractivity contribution in [2.45, 2.75) is 45.3 Å². The summed E-state index contributed by atoms with van der Waals surface area (Å²) < 4.78 is 5.17. The van der Waals surface area contributed by atoms with E-state index in [4.69, 9.17) is 23.1 Å². The molecule has 2 aromatic heterocycles. The molecular weight excluding hydrogens is 396 g/mol. The monoisotopic (exact) mass is 416 g/mol. The number of rotatable bonds is 4. The van der Waals surface area contributed by atoms with Crippen molar-refractivity contribution in [3.63, 3.8) is 0 Å². The van der Waals surface area contributed by atoms with Crippen molar-refractivity contribution in [1.82, 2.24) is 4.98 Å². The van der Waals surface area contributed by atoms with Crippen molar-refractivity contribution < 1.29 is 14.3 Å². The first-order chi connectivity index (χ1) is 12.0. The number of thiophene rings is 1. The average molecular weight is 417 g/mol. The number of nitrogens with one attached hydrogen (secondary N) is 1. The van der Waals surface area contributed by atoms with Gasteiger partial charge in [0.25, 0.3) is 0 Å². The van der Waals surface area contributed by atoms with E-state index < -0.39 is 11.7 Å². The molecule has 0 aromatic carbocycles. The van der Waals surface area contributed by atoms with Gasteiger partial charge in [0.1, 0.15) is 16.3 Å². The molecule has 2 heterocycles. The van der Waals surface area contributed by atoms with Crippen LogP contribution in [-0.2, 0) is 4.74 Å². The summed E-state index contributed by atoms with van der Waals surface area (Å²) in [5, 5.41) is 3.96. The van der Waals surface area contributed by atoms with Gasteiger partial charge in [0.05, 0.1) is 9.21 Å². The summed E-state index contributed by atoms with van der Waals surface area (Å²) in [5.41, 5.74) is 10.1. The summed E-state index contributed by atoms with van der Waals surface area (Å²) in [5.74, 6) is 0.184. The summed E-state index contributed by atoms with van der Waals surface area (Å²) in [6.45, 7) is 5.28. The number of hydrogen-bond donors (Lipinski definition) is 3. The van der Waals surface area contributed by atoms with Gasteiger partial charge in [-0.3, -0.25) is 4.79 Å². The summed E-state index contributed by atoms with van der Waals surface area (Å²) in [7, 11) is 0. The second-order valence-electron chi connectivity index (χ2n) is 6.62. The number of halogens is 1. The molecule has 1 aliphatic carbocycles. The van der Waals surface area contributed by atoms with E-state index in [1.807, 2.05) is 0 Å². The van der Waals surface area contributed by atoms with Crippen LogP contribution in [0.1, 0.15) is 48.2 Å². The highest BCUT2D eigenvalue weighted by Crippen LogP contribution is 2.33. The molecular formula is C16H21ClN4O3S2. The Morgan fingerprint density at radius 2 is 1.96 bits per heavy atom. The van der Waals surface area contributed by atoms with E-state index in [1.165, 1.54) is 22.7 Å². The Morgan fingerprint density at radius 3 is 2.38 bits per heavy atom. The molecule has 0 bridgehead atoms. The van der Waals surface area contributed by atoms with E-state index in [0.717, 1.165) is 18.0 Å². The Labute approximate surface area is 164 Å². The predicted molar refractivity (Wildman–Crippen MR) is 106 cm³/mol. The lowest BCUT2D eigenvalue weighted by atomic mass is 10.2. The van der Waals surface area contributed by atoms with E-state index in [0.29, 0.717) is 20.1 Å². The Bertz CT molecular complexity index is 794. The van der Waals surface area contributed by atoms with Gasteiger partial charge in [-0.2, -0.15) is 0 Å². The highest BCUT2D eigenvalue weighted by atomic mass is 35.5. The lowest BCUT2D eigenvalue weighted by Crippen LogP contribution is -2.27. The Kier molecular flexibility index (Phi) is 6.48. The quantitative estimate of drug-likeness (QED) is 0.644. The predicted octanol–water partition coefficient (Wildman–Crippen LogP) is 4.13. The molecule has 1 fully saturated rings. The molecule has 1 amide bonds. The minimum atomic E-state index is -0.725. The number of hydrogen-bond acceptors (Lipinski definition) is 8. The number of primary amides is 1. The lowest BCUT2D eigenvalue weighted by molar-refractivity contribution is 0.0600. The Balaban J connectivity index is 0.000000260. The maximum Gasteiger partial charge on any atom is 0.405 e. The second-order valence-corrected chi connectivity index (χ2v) is 9.33. The SMILES string of the molecule is CC(C)(C)OC(N)=O.Nc1nc(NC2CC2)sc1C(=O)c1ccc(Cl)s1. The number of aromatic nitrogens is 1. The first-order valence-corrected chi connectivity index (χ1v) is 9.87. The summed E-state index contributed by atoms with van der Waals surface area (Å²) in [6, 6.07) is 3.91. The molecule has 0 spiro atoms. The molecule has 7 nitrogen and oxygen atoms in total. The summed E-state index contributed by atoms with van der Waals surface area (Å²) in [4.78, 5) is 27.5. The molecule has 0 unspecified atom stereocenters. The molecule has 26 heavy (non-hydrogen) atoms. The molecule has 0 aliphatic heterocycles. The molecule has 1 saturated carbocycles. The van der Waals surface area contributed by atoms with Gasteiger partial charge in [-0.05, 0) is 45.7 Å². The third-order valence-electron chi connectivity index (χ3n) is 2.97. The summed E-state index contributed by atoms with van der Waals surface area (Å²) >= 11 is 8.39. The third-order valence-corrected chi connectivity index (χ3v) is 5.20. The molecule has 5 N–H and O–H groups in total. The zero-order chi connectivity index (χ0) is 19.5. The zero-order valence-electron chi connectivity index (χ0n) is 14.7. The van der Waals surface area contributed by atoms with Gasteiger partial charge >= 0.3 is 6.09 Å².